The van der Waals surface area contributed by atoms with Gasteiger partial charge in [0.25, 0.3) is 5.69 Å². The second-order valence-electron chi connectivity index (χ2n) is 4.75. The number of carbonyl (C=O) groups is 2. The number of carboxylic acids is 1. The summed E-state index contributed by atoms with van der Waals surface area (Å²) >= 11 is 0. The lowest BCUT2D eigenvalue weighted by molar-refractivity contribution is -0.385. The molecule has 1 fully saturated rings. The van der Waals surface area contributed by atoms with Crippen molar-refractivity contribution in [2.45, 2.75) is 6.42 Å². The van der Waals surface area contributed by atoms with E-state index in [1.54, 1.807) is 0 Å². The molecule has 114 valence electrons. The van der Waals surface area contributed by atoms with Crippen LogP contribution in [0.3, 0.4) is 0 Å². The molecule has 1 aromatic rings. The number of azide groups is 1. The van der Waals surface area contributed by atoms with Crippen LogP contribution in [0.1, 0.15) is 16.8 Å². The Hall–Kier alpha value is -3.13. The molecular formula is C12H11N5O5. The smallest absolute Gasteiger partial charge is 0.342 e. The minimum absolute atomic E-state index is 0.161. The summed E-state index contributed by atoms with van der Waals surface area (Å²) in [6, 6.07) is 3.52. The van der Waals surface area contributed by atoms with Gasteiger partial charge in [-0.2, -0.15) is 0 Å². The summed E-state index contributed by atoms with van der Waals surface area (Å²) in [6.07, 6.45) is 0.174. The molecule has 1 amide bonds. The third-order valence-electron chi connectivity index (χ3n) is 3.33. The Kier molecular flexibility index (Phi) is 4.23. The number of nitro groups is 1. The van der Waals surface area contributed by atoms with Gasteiger partial charge < -0.3 is 10.0 Å². The highest BCUT2D eigenvalue weighted by Gasteiger charge is 2.31. The fraction of sp³-hybridized carbons (Fsp3) is 0.333. The van der Waals surface area contributed by atoms with Gasteiger partial charge in [-0.25, -0.2) is 4.79 Å². The standard InChI is InChI=1S/C12H11N5O5/c13-15-14-5-7-3-11(18)16(6-7)8-1-2-9(12(19)20)10(4-8)17(21)22/h1-2,4,7H,3,5-6H2,(H,19,20). The lowest BCUT2D eigenvalue weighted by Gasteiger charge is -2.16. The molecule has 2 rings (SSSR count). The predicted octanol–water partition coefficient (Wildman–Crippen LogP) is 1.96. The topological polar surface area (TPSA) is 150 Å². The summed E-state index contributed by atoms with van der Waals surface area (Å²) in [5, 5.41) is 23.3. The average molecular weight is 305 g/mol. The number of carboxylic acid groups (broad SMARTS) is 1. The van der Waals surface area contributed by atoms with E-state index in [9.17, 15) is 19.7 Å². The van der Waals surface area contributed by atoms with Crippen molar-refractivity contribution >= 4 is 23.3 Å². The van der Waals surface area contributed by atoms with Crippen molar-refractivity contribution in [3.63, 3.8) is 0 Å². The van der Waals surface area contributed by atoms with Gasteiger partial charge in [-0.1, -0.05) is 5.11 Å². The lowest BCUT2D eigenvalue weighted by Crippen LogP contribution is -2.25. The van der Waals surface area contributed by atoms with Crippen molar-refractivity contribution in [1.29, 1.82) is 0 Å². The van der Waals surface area contributed by atoms with Gasteiger partial charge in [-0.15, -0.1) is 0 Å². The predicted molar refractivity (Wildman–Crippen MR) is 74.5 cm³/mol. The third kappa shape index (κ3) is 2.96. The van der Waals surface area contributed by atoms with Gasteiger partial charge in [0.2, 0.25) is 5.91 Å². The van der Waals surface area contributed by atoms with Crippen LogP contribution < -0.4 is 4.90 Å². The van der Waals surface area contributed by atoms with E-state index in [4.69, 9.17) is 10.6 Å². The molecule has 10 nitrogen and oxygen atoms in total. The number of hydrogen-bond acceptors (Lipinski definition) is 5. The third-order valence-corrected chi connectivity index (χ3v) is 3.33. The summed E-state index contributed by atoms with van der Waals surface area (Å²) in [5.74, 6) is -1.83. The fourth-order valence-corrected chi connectivity index (χ4v) is 2.33. The molecule has 10 heteroatoms. The van der Waals surface area contributed by atoms with E-state index in [-0.39, 0.29) is 37.0 Å². The van der Waals surface area contributed by atoms with Crippen LogP contribution in [0.4, 0.5) is 11.4 Å². The number of nitrogens with zero attached hydrogens (tertiary/aromatic N) is 5. The minimum Gasteiger partial charge on any atom is -0.477 e. The van der Waals surface area contributed by atoms with Gasteiger partial charge in [0.1, 0.15) is 5.56 Å². The fourth-order valence-electron chi connectivity index (χ4n) is 2.33. The summed E-state index contributed by atoms with van der Waals surface area (Å²) in [7, 11) is 0. The SMILES string of the molecule is [N-]=[N+]=NCC1CC(=O)N(c2ccc(C(=O)O)c([N+](=O)[O-])c2)C1. The quantitative estimate of drug-likeness (QED) is 0.290. The molecule has 0 aromatic heterocycles. The van der Waals surface area contributed by atoms with Crippen LogP contribution in [0.5, 0.6) is 0 Å². The Morgan fingerprint density at radius 3 is 2.91 bits per heavy atom. The van der Waals surface area contributed by atoms with Gasteiger partial charge in [0.15, 0.2) is 0 Å². The number of anilines is 1. The number of benzene rings is 1. The molecule has 0 aliphatic carbocycles. The maximum atomic E-state index is 12.0. The second-order valence-corrected chi connectivity index (χ2v) is 4.75. The van der Waals surface area contributed by atoms with Gasteiger partial charge in [0.05, 0.1) is 10.6 Å². The largest absolute Gasteiger partial charge is 0.477 e. The van der Waals surface area contributed by atoms with E-state index in [1.807, 2.05) is 0 Å². The molecule has 1 N–H and O–H groups in total. The monoisotopic (exact) mass is 305 g/mol. The molecule has 1 aromatic carbocycles. The number of aromatic carboxylic acids is 1. The lowest BCUT2D eigenvalue weighted by atomic mass is 10.1. The second kappa shape index (κ2) is 6.10. The normalized spacial score (nSPS) is 17.2. The zero-order valence-electron chi connectivity index (χ0n) is 11.2. The summed E-state index contributed by atoms with van der Waals surface area (Å²) in [6.45, 7) is 0.426. The van der Waals surface area contributed by atoms with Crippen molar-refractivity contribution in [3.05, 3.63) is 44.3 Å². The zero-order valence-corrected chi connectivity index (χ0v) is 11.2. The van der Waals surface area contributed by atoms with E-state index >= 15 is 0 Å². The van der Waals surface area contributed by atoms with Crippen molar-refractivity contribution in [3.8, 4) is 0 Å². The number of hydrogen-bond donors (Lipinski definition) is 1. The maximum Gasteiger partial charge on any atom is 0.342 e. The number of nitro benzene ring substituents is 1. The Balaban J connectivity index is 2.31. The van der Waals surface area contributed by atoms with Crippen LogP contribution >= 0.6 is 0 Å². The maximum absolute atomic E-state index is 12.0. The number of rotatable bonds is 5. The molecule has 0 spiro atoms. The van der Waals surface area contributed by atoms with Crippen molar-refractivity contribution < 1.29 is 19.6 Å². The van der Waals surface area contributed by atoms with E-state index < -0.39 is 22.1 Å². The van der Waals surface area contributed by atoms with Crippen LogP contribution in [-0.2, 0) is 4.79 Å². The first-order valence-corrected chi connectivity index (χ1v) is 6.27. The molecule has 0 saturated carbocycles. The van der Waals surface area contributed by atoms with Crippen LogP contribution in [0.2, 0.25) is 0 Å². The summed E-state index contributed by atoms with van der Waals surface area (Å²) in [5.41, 5.74) is 7.53. The van der Waals surface area contributed by atoms with Gasteiger partial charge >= 0.3 is 5.97 Å². The van der Waals surface area contributed by atoms with Crippen LogP contribution in [0.15, 0.2) is 23.3 Å². The first-order valence-electron chi connectivity index (χ1n) is 6.27. The molecule has 22 heavy (non-hydrogen) atoms. The Morgan fingerprint density at radius 1 is 1.59 bits per heavy atom. The van der Waals surface area contributed by atoms with Crippen LogP contribution in [-0.4, -0.2) is 35.0 Å². The Morgan fingerprint density at radius 2 is 2.32 bits per heavy atom. The van der Waals surface area contributed by atoms with Gasteiger partial charge in [-0.05, 0) is 23.6 Å². The van der Waals surface area contributed by atoms with E-state index in [2.05, 4.69) is 10.0 Å². The summed E-state index contributed by atoms with van der Waals surface area (Å²) in [4.78, 5) is 37.0. The molecule has 0 bridgehead atoms. The highest BCUT2D eigenvalue weighted by atomic mass is 16.6. The molecule has 1 aliphatic rings. The Bertz CT molecular complexity index is 697. The molecular weight excluding hydrogens is 294 g/mol. The van der Waals surface area contributed by atoms with E-state index in [0.717, 1.165) is 12.1 Å². The van der Waals surface area contributed by atoms with Crippen LogP contribution in [0.25, 0.3) is 10.4 Å². The highest BCUT2D eigenvalue weighted by molar-refractivity contribution is 5.98. The average Bonchev–Trinajstić information content (AvgIpc) is 2.85. The molecule has 1 atom stereocenters. The Labute approximate surface area is 123 Å². The molecule has 1 unspecified atom stereocenters. The van der Waals surface area contributed by atoms with E-state index in [1.165, 1.54) is 11.0 Å². The summed E-state index contributed by atoms with van der Waals surface area (Å²) < 4.78 is 0. The molecule has 0 radical (unpaired) electrons. The van der Waals surface area contributed by atoms with Crippen LogP contribution in [0, 0.1) is 16.0 Å². The minimum atomic E-state index is -1.41. The van der Waals surface area contributed by atoms with E-state index in [0.29, 0.717) is 0 Å². The van der Waals surface area contributed by atoms with Gasteiger partial charge in [-0.3, -0.25) is 14.9 Å². The first-order chi connectivity index (χ1) is 10.4. The van der Waals surface area contributed by atoms with Crippen molar-refractivity contribution in [2.75, 3.05) is 18.0 Å². The van der Waals surface area contributed by atoms with Gasteiger partial charge in [0, 0.05) is 30.5 Å². The molecule has 1 heterocycles. The molecule has 1 aliphatic heterocycles. The first kappa shape index (κ1) is 15.3. The zero-order chi connectivity index (χ0) is 16.3. The number of amides is 1. The highest BCUT2D eigenvalue weighted by Crippen LogP contribution is 2.30. The number of carbonyl (C=O) groups excluding carboxylic acids is 1. The van der Waals surface area contributed by atoms with Crippen molar-refractivity contribution in [2.24, 2.45) is 11.0 Å². The molecule has 1 saturated heterocycles. The van der Waals surface area contributed by atoms with Crippen molar-refractivity contribution in [1.82, 2.24) is 0 Å².